The Balaban J connectivity index is 1.97. The predicted octanol–water partition coefficient (Wildman–Crippen LogP) is 0.699. The number of ether oxygens (including phenoxy) is 1. The monoisotopic (exact) mass is 218 g/mol. The van der Waals surface area contributed by atoms with Crippen molar-refractivity contribution in [2.75, 3.05) is 19.8 Å². The van der Waals surface area contributed by atoms with Gasteiger partial charge in [0.2, 0.25) is 0 Å². The first kappa shape index (κ1) is 9.74. The third kappa shape index (κ3) is 1.68. The number of hydrogen-bond donors (Lipinski definition) is 1. The number of aryl methyl sites for hydroxylation is 1. The summed E-state index contributed by atoms with van der Waals surface area (Å²) in [5.41, 5.74) is 2.08. The molecule has 0 bridgehead atoms. The highest BCUT2D eigenvalue weighted by Gasteiger charge is 2.19. The summed E-state index contributed by atoms with van der Waals surface area (Å²) in [7, 11) is 0. The number of fused-ring (bicyclic) bond motifs is 1. The number of pyridine rings is 1. The second kappa shape index (κ2) is 3.84. The van der Waals surface area contributed by atoms with Crippen LogP contribution in [0.3, 0.4) is 0 Å². The van der Waals surface area contributed by atoms with E-state index >= 15 is 0 Å². The van der Waals surface area contributed by atoms with Crippen molar-refractivity contribution in [3.05, 3.63) is 29.7 Å². The van der Waals surface area contributed by atoms with Crippen LogP contribution in [0.4, 0.5) is 0 Å². The van der Waals surface area contributed by atoms with E-state index in [4.69, 9.17) is 4.74 Å². The van der Waals surface area contributed by atoms with Gasteiger partial charge in [-0.2, -0.15) is 0 Å². The molecule has 0 amide bonds. The van der Waals surface area contributed by atoms with Crippen molar-refractivity contribution in [2.24, 2.45) is 0 Å². The van der Waals surface area contributed by atoms with E-state index in [1.54, 1.807) is 4.52 Å². The number of morpholine rings is 1. The molecule has 2 aromatic heterocycles. The van der Waals surface area contributed by atoms with Crippen molar-refractivity contribution in [3.8, 4) is 0 Å². The Morgan fingerprint density at radius 1 is 1.56 bits per heavy atom. The van der Waals surface area contributed by atoms with Gasteiger partial charge in [0.25, 0.3) is 0 Å². The maximum atomic E-state index is 5.40. The summed E-state index contributed by atoms with van der Waals surface area (Å²) >= 11 is 0. The van der Waals surface area contributed by atoms with E-state index in [0.29, 0.717) is 6.61 Å². The molecular formula is C11H14N4O. The normalized spacial score (nSPS) is 21.4. The van der Waals surface area contributed by atoms with Crippen molar-refractivity contribution in [2.45, 2.75) is 13.0 Å². The molecule has 1 saturated heterocycles. The lowest BCUT2D eigenvalue weighted by molar-refractivity contribution is 0.0743. The first-order valence-corrected chi connectivity index (χ1v) is 5.47. The van der Waals surface area contributed by atoms with E-state index in [0.717, 1.165) is 24.6 Å². The van der Waals surface area contributed by atoms with Gasteiger partial charge in [-0.05, 0) is 24.6 Å². The van der Waals surface area contributed by atoms with E-state index in [-0.39, 0.29) is 6.04 Å². The number of hydrogen-bond acceptors (Lipinski definition) is 4. The zero-order chi connectivity index (χ0) is 11.0. The minimum absolute atomic E-state index is 0.119. The Bertz CT molecular complexity index is 502. The molecule has 84 valence electrons. The van der Waals surface area contributed by atoms with Crippen LogP contribution in [0.25, 0.3) is 5.65 Å². The summed E-state index contributed by atoms with van der Waals surface area (Å²) in [6.07, 6.45) is 1.94. The van der Waals surface area contributed by atoms with Crippen LogP contribution in [-0.4, -0.2) is 34.4 Å². The predicted molar refractivity (Wildman–Crippen MR) is 59.3 cm³/mol. The molecule has 16 heavy (non-hydrogen) atoms. The second-order valence-electron chi connectivity index (χ2n) is 4.06. The molecule has 1 atom stereocenters. The van der Waals surface area contributed by atoms with Crippen LogP contribution >= 0.6 is 0 Å². The molecule has 0 spiro atoms. The lowest BCUT2D eigenvalue weighted by atomic mass is 10.2. The molecule has 0 radical (unpaired) electrons. The van der Waals surface area contributed by atoms with Crippen molar-refractivity contribution >= 4 is 5.65 Å². The van der Waals surface area contributed by atoms with Crippen molar-refractivity contribution in [1.82, 2.24) is 19.9 Å². The van der Waals surface area contributed by atoms with Crippen molar-refractivity contribution in [1.29, 1.82) is 0 Å². The summed E-state index contributed by atoms with van der Waals surface area (Å²) in [6.45, 7) is 4.33. The Morgan fingerprint density at radius 3 is 3.31 bits per heavy atom. The van der Waals surface area contributed by atoms with E-state index in [9.17, 15) is 0 Å². The molecule has 5 nitrogen and oxygen atoms in total. The molecule has 0 saturated carbocycles. The third-order valence-electron chi connectivity index (χ3n) is 2.74. The second-order valence-corrected chi connectivity index (χ2v) is 4.06. The van der Waals surface area contributed by atoms with Crippen LogP contribution in [0.1, 0.15) is 17.4 Å². The summed E-state index contributed by atoms with van der Waals surface area (Å²) in [5, 5.41) is 7.79. The van der Waals surface area contributed by atoms with Crippen LogP contribution < -0.4 is 5.32 Å². The molecule has 1 unspecified atom stereocenters. The number of nitrogens with one attached hydrogen (secondary N) is 1. The van der Waals surface area contributed by atoms with Gasteiger partial charge in [-0.15, -0.1) is 5.10 Å². The summed E-state index contributed by atoms with van der Waals surface area (Å²) in [4.78, 5) is 4.51. The van der Waals surface area contributed by atoms with Crippen molar-refractivity contribution in [3.63, 3.8) is 0 Å². The molecule has 1 fully saturated rings. The van der Waals surface area contributed by atoms with Gasteiger partial charge in [0, 0.05) is 12.7 Å². The van der Waals surface area contributed by atoms with Gasteiger partial charge in [0.05, 0.1) is 19.3 Å². The van der Waals surface area contributed by atoms with Gasteiger partial charge in [0.1, 0.15) is 0 Å². The minimum Gasteiger partial charge on any atom is -0.378 e. The molecule has 1 aliphatic heterocycles. The van der Waals surface area contributed by atoms with E-state index in [1.807, 2.05) is 18.3 Å². The quantitative estimate of drug-likeness (QED) is 0.765. The fourth-order valence-electron chi connectivity index (χ4n) is 1.88. The highest BCUT2D eigenvalue weighted by Crippen LogP contribution is 2.13. The summed E-state index contributed by atoms with van der Waals surface area (Å²) in [5.74, 6) is 0.810. The Kier molecular flexibility index (Phi) is 2.34. The largest absolute Gasteiger partial charge is 0.378 e. The average Bonchev–Trinajstić information content (AvgIpc) is 2.73. The molecule has 1 N–H and O–H groups in total. The van der Waals surface area contributed by atoms with Gasteiger partial charge in [-0.3, -0.25) is 0 Å². The van der Waals surface area contributed by atoms with Crippen LogP contribution in [-0.2, 0) is 4.74 Å². The lowest BCUT2D eigenvalue weighted by Crippen LogP contribution is -2.35. The van der Waals surface area contributed by atoms with Gasteiger partial charge in [0.15, 0.2) is 11.5 Å². The fraction of sp³-hybridized carbons (Fsp3) is 0.455. The van der Waals surface area contributed by atoms with E-state index in [1.165, 1.54) is 5.56 Å². The standard InChI is InChI=1S/C11H14N4O/c1-8-2-4-15-10(6-8)13-11(14-15)9-7-16-5-3-12-9/h2,4,6,9,12H,3,5,7H2,1H3. The molecule has 1 aliphatic rings. The molecular weight excluding hydrogens is 204 g/mol. The first-order valence-electron chi connectivity index (χ1n) is 5.47. The average molecular weight is 218 g/mol. The Hall–Kier alpha value is -1.46. The van der Waals surface area contributed by atoms with Gasteiger partial charge in [-0.25, -0.2) is 9.50 Å². The fourth-order valence-corrected chi connectivity index (χ4v) is 1.88. The summed E-state index contributed by atoms with van der Waals surface area (Å²) in [6, 6.07) is 4.17. The molecule has 0 aliphatic carbocycles. The smallest absolute Gasteiger partial charge is 0.170 e. The summed E-state index contributed by atoms with van der Waals surface area (Å²) < 4.78 is 7.21. The Morgan fingerprint density at radius 2 is 2.50 bits per heavy atom. The number of aromatic nitrogens is 3. The van der Waals surface area contributed by atoms with E-state index in [2.05, 4.69) is 22.3 Å². The highest BCUT2D eigenvalue weighted by molar-refractivity contribution is 5.40. The van der Waals surface area contributed by atoms with Crippen molar-refractivity contribution < 1.29 is 4.74 Å². The Labute approximate surface area is 93.4 Å². The SMILES string of the molecule is Cc1ccn2nc(C3COCCN3)nc2c1. The third-order valence-corrected chi connectivity index (χ3v) is 2.74. The van der Waals surface area contributed by atoms with Crippen LogP contribution in [0.2, 0.25) is 0 Å². The lowest BCUT2D eigenvalue weighted by Gasteiger charge is -2.20. The number of nitrogens with zero attached hydrogens (tertiary/aromatic N) is 3. The molecule has 0 aromatic carbocycles. The van der Waals surface area contributed by atoms with Crippen LogP contribution in [0.15, 0.2) is 18.3 Å². The van der Waals surface area contributed by atoms with Crippen LogP contribution in [0.5, 0.6) is 0 Å². The molecule has 3 heterocycles. The van der Waals surface area contributed by atoms with Gasteiger partial charge < -0.3 is 10.1 Å². The minimum atomic E-state index is 0.119. The maximum Gasteiger partial charge on any atom is 0.170 e. The van der Waals surface area contributed by atoms with Gasteiger partial charge >= 0.3 is 0 Å². The highest BCUT2D eigenvalue weighted by atomic mass is 16.5. The maximum absolute atomic E-state index is 5.40. The first-order chi connectivity index (χ1) is 7.83. The van der Waals surface area contributed by atoms with Crippen LogP contribution in [0, 0.1) is 6.92 Å². The zero-order valence-corrected chi connectivity index (χ0v) is 9.18. The molecule has 3 rings (SSSR count). The topological polar surface area (TPSA) is 51.5 Å². The molecule has 5 heteroatoms. The van der Waals surface area contributed by atoms with E-state index < -0.39 is 0 Å². The zero-order valence-electron chi connectivity index (χ0n) is 9.18. The molecule has 2 aromatic rings. The van der Waals surface area contributed by atoms with Gasteiger partial charge in [-0.1, -0.05) is 0 Å². The number of rotatable bonds is 1.